The van der Waals surface area contributed by atoms with Crippen LogP contribution in [0, 0.1) is 5.82 Å². The first-order valence-electron chi connectivity index (χ1n) is 4.58. The lowest BCUT2D eigenvalue weighted by Gasteiger charge is -2.21. The van der Waals surface area contributed by atoms with Crippen molar-refractivity contribution in [3.05, 3.63) is 29.6 Å². The maximum atomic E-state index is 13.0. The van der Waals surface area contributed by atoms with Gasteiger partial charge in [-0.05, 0) is 23.6 Å². The van der Waals surface area contributed by atoms with Gasteiger partial charge in [0, 0.05) is 5.56 Å². The van der Waals surface area contributed by atoms with Gasteiger partial charge >= 0.3 is 6.09 Å². The van der Waals surface area contributed by atoms with E-state index in [-0.39, 0.29) is 11.2 Å². The van der Waals surface area contributed by atoms with Crippen molar-refractivity contribution >= 4 is 6.09 Å². The third kappa shape index (κ3) is 2.94. The average molecular weight is 211 g/mol. The van der Waals surface area contributed by atoms with Gasteiger partial charge in [0.2, 0.25) is 0 Å². The first-order chi connectivity index (χ1) is 6.80. The largest absolute Gasteiger partial charge is 0.410 e. The zero-order valence-electron chi connectivity index (χ0n) is 9.00. The van der Waals surface area contributed by atoms with Crippen LogP contribution in [0.15, 0.2) is 18.2 Å². The lowest BCUT2D eigenvalue weighted by Crippen LogP contribution is -2.20. The van der Waals surface area contributed by atoms with Gasteiger partial charge < -0.3 is 10.5 Å². The number of carbonyl (C=O) groups is 1. The Labute approximate surface area is 88.0 Å². The molecular formula is C11H14FNO2. The fraction of sp³-hybridized carbons (Fsp3) is 0.364. The van der Waals surface area contributed by atoms with Crippen LogP contribution in [0.5, 0.6) is 5.75 Å². The summed E-state index contributed by atoms with van der Waals surface area (Å²) in [5.41, 5.74) is 5.22. The highest BCUT2D eigenvalue weighted by Gasteiger charge is 2.20. The zero-order valence-corrected chi connectivity index (χ0v) is 9.00. The first-order valence-corrected chi connectivity index (χ1v) is 4.58. The maximum absolute atomic E-state index is 13.0. The second kappa shape index (κ2) is 3.88. The van der Waals surface area contributed by atoms with E-state index in [1.807, 2.05) is 20.8 Å². The summed E-state index contributed by atoms with van der Waals surface area (Å²) in [6.07, 6.45) is -0.896. The summed E-state index contributed by atoms with van der Waals surface area (Å²) < 4.78 is 17.8. The number of halogens is 1. The molecule has 0 aliphatic carbocycles. The number of nitrogens with two attached hydrogens (primary N) is 1. The van der Waals surface area contributed by atoms with Crippen LogP contribution in [-0.4, -0.2) is 6.09 Å². The van der Waals surface area contributed by atoms with E-state index in [2.05, 4.69) is 0 Å². The van der Waals surface area contributed by atoms with Crippen LogP contribution < -0.4 is 10.5 Å². The van der Waals surface area contributed by atoms with Gasteiger partial charge in [0.25, 0.3) is 0 Å². The van der Waals surface area contributed by atoms with E-state index in [1.54, 1.807) is 0 Å². The van der Waals surface area contributed by atoms with E-state index in [0.717, 1.165) is 0 Å². The van der Waals surface area contributed by atoms with Crippen LogP contribution in [0.3, 0.4) is 0 Å². The van der Waals surface area contributed by atoms with Crippen LogP contribution in [0.4, 0.5) is 9.18 Å². The monoisotopic (exact) mass is 211 g/mol. The van der Waals surface area contributed by atoms with Crippen molar-refractivity contribution in [1.82, 2.24) is 0 Å². The van der Waals surface area contributed by atoms with Gasteiger partial charge in [0.05, 0.1) is 0 Å². The summed E-state index contributed by atoms with van der Waals surface area (Å²) >= 11 is 0. The van der Waals surface area contributed by atoms with E-state index in [4.69, 9.17) is 10.5 Å². The molecule has 0 aliphatic rings. The van der Waals surface area contributed by atoms with Crippen LogP contribution in [0.1, 0.15) is 26.3 Å². The molecule has 0 atom stereocenters. The Morgan fingerprint density at radius 1 is 1.40 bits per heavy atom. The van der Waals surface area contributed by atoms with Crippen molar-refractivity contribution in [2.75, 3.05) is 0 Å². The Hall–Kier alpha value is -1.58. The number of rotatable bonds is 1. The molecule has 0 saturated heterocycles. The van der Waals surface area contributed by atoms with Crippen molar-refractivity contribution in [2.24, 2.45) is 5.73 Å². The van der Waals surface area contributed by atoms with E-state index >= 15 is 0 Å². The van der Waals surface area contributed by atoms with E-state index < -0.39 is 6.09 Å². The molecule has 1 rings (SSSR count). The second-order valence-corrected chi connectivity index (χ2v) is 4.31. The molecule has 4 heteroatoms. The van der Waals surface area contributed by atoms with Gasteiger partial charge in [-0.25, -0.2) is 9.18 Å². The number of benzene rings is 1. The Morgan fingerprint density at radius 2 is 2.00 bits per heavy atom. The number of carbonyl (C=O) groups excluding carboxylic acids is 1. The Morgan fingerprint density at radius 3 is 2.47 bits per heavy atom. The van der Waals surface area contributed by atoms with Crippen LogP contribution in [-0.2, 0) is 5.41 Å². The highest BCUT2D eigenvalue weighted by Crippen LogP contribution is 2.31. The van der Waals surface area contributed by atoms with Crippen LogP contribution >= 0.6 is 0 Å². The van der Waals surface area contributed by atoms with E-state index in [0.29, 0.717) is 11.3 Å². The molecule has 1 aromatic carbocycles. The fourth-order valence-electron chi connectivity index (χ4n) is 1.29. The van der Waals surface area contributed by atoms with Gasteiger partial charge in [-0.15, -0.1) is 0 Å². The standard InChI is InChI=1S/C11H14FNO2/c1-11(2,3)8-6-7(12)4-5-9(8)15-10(13)14/h4-6H,1-3H3,(H2,13,14). The van der Waals surface area contributed by atoms with Crippen LogP contribution in [0.2, 0.25) is 0 Å². The van der Waals surface area contributed by atoms with Crippen molar-refractivity contribution in [1.29, 1.82) is 0 Å². The summed E-state index contributed by atoms with van der Waals surface area (Å²) in [5, 5.41) is 0. The molecule has 0 aromatic heterocycles. The maximum Gasteiger partial charge on any atom is 0.409 e. The number of amides is 1. The van der Waals surface area contributed by atoms with Gasteiger partial charge in [-0.1, -0.05) is 20.8 Å². The molecule has 82 valence electrons. The lowest BCUT2D eigenvalue weighted by atomic mass is 9.86. The molecule has 0 spiro atoms. The minimum absolute atomic E-state index is 0.302. The topological polar surface area (TPSA) is 52.3 Å². The molecule has 2 N–H and O–H groups in total. The molecule has 0 fully saturated rings. The van der Waals surface area contributed by atoms with Gasteiger partial charge in [-0.3, -0.25) is 0 Å². The zero-order chi connectivity index (χ0) is 11.6. The normalized spacial score (nSPS) is 11.2. The molecule has 0 heterocycles. The SMILES string of the molecule is CC(C)(C)c1cc(F)ccc1OC(N)=O. The van der Waals surface area contributed by atoms with Crippen molar-refractivity contribution in [3.63, 3.8) is 0 Å². The summed E-state index contributed by atoms with van der Waals surface area (Å²) in [5.74, 6) is -0.0619. The highest BCUT2D eigenvalue weighted by molar-refractivity contribution is 5.68. The molecular weight excluding hydrogens is 197 g/mol. The highest BCUT2D eigenvalue weighted by atomic mass is 19.1. The molecule has 0 aliphatic heterocycles. The van der Waals surface area contributed by atoms with Crippen molar-refractivity contribution in [2.45, 2.75) is 26.2 Å². The molecule has 3 nitrogen and oxygen atoms in total. The van der Waals surface area contributed by atoms with Crippen molar-refractivity contribution in [3.8, 4) is 5.75 Å². The number of hydrogen-bond acceptors (Lipinski definition) is 2. The van der Waals surface area contributed by atoms with E-state index in [9.17, 15) is 9.18 Å². The summed E-state index contributed by atoms with van der Waals surface area (Å²) in [4.78, 5) is 10.6. The summed E-state index contributed by atoms with van der Waals surface area (Å²) in [6, 6.07) is 3.98. The molecule has 1 amide bonds. The third-order valence-electron chi connectivity index (χ3n) is 1.96. The molecule has 1 aromatic rings. The summed E-state index contributed by atoms with van der Waals surface area (Å²) in [6.45, 7) is 5.70. The molecule has 0 saturated carbocycles. The number of hydrogen-bond donors (Lipinski definition) is 1. The number of primary amides is 1. The fourth-order valence-corrected chi connectivity index (χ4v) is 1.29. The van der Waals surface area contributed by atoms with Gasteiger partial charge in [0.1, 0.15) is 11.6 Å². The van der Waals surface area contributed by atoms with Crippen LogP contribution in [0.25, 0.3) is 0 Å². The molecule has 0 unspecified atom stereocenters. The number of ether oxygens (including phenoxy) is 1. The average Bonchev–Trinajstić information content (AvgIpc) is 2.05. The quantitative estimate of drug-likeness (QED) is 0.776. The minimum Gasteiger partial charge on any atom is -0.410 e. The smallest absolute Gasteiger partial charge is 0.409 e. The second-order valence-electron chi connectivity index (χ2n) is 4.31. The molecule has 0 bridgehead atoms. The predicted molar refractivity (Wildman–Crippen MR) is 55.3 cm³/mol. The molecule has 0 radical (unpaired) electrons. The predicted octanol–water partition coefficient (Wildman–Crippen LogP) is 2.58. The third-order valence-corrected chi connectivity index (χ3v) is 1.96. The molecule has 15 heavy (non-hydrogen) atoms. The lowest BCUT2D eigenvalue weighted by molar-refractivity contribution is 0.210. The van der Waals surface area contributed by atoms with Gasteiger partial charge in [0.15, 0.2) is 0 Å². The van der Waals surface area contributed by atoms with Gasteiger partial charge in [-0.2, -0.15) is 0 Å². The minimum atomic E-state index is -0.896. The Balaban J connectivity index is 3.20. The van der Waals surface area contributed by atoms with Crippen molar-refractivity contribution < 1.29 is 13.9 Å². The van der Waals surface area contributed by atoms with E-state index in [1.165, 1.54) is 18.2 Å². The Kier molecular flexibility index (Phi) is 2.98. The summed E-state index contributed by atoms with van der Waals surface area (Å²) in [7, 11) is 0. The Bertz CT molecular complexity index is 383. The first kappa shape index (κ1) is 11.5.